The maximum atomic E-state index is 13.0. The van der Waals surface area contributed by atoms with E-state index in [1.165, 1.54) is 6.42 Å². The fourth-order valence-electron chi connectivity index (χ4n) is 4.49. The first kappa shape index (κ1) is 23.5. The Kier molecular flexibility index (Phi) is 7.48. The predicted octanol–water partition coefficient (Wildman–Crippen LogP) is 6.39. The normalized spacial score (nSPS) is 14.4. The van der Waals surface area contributed by atoms with Crippen LogP contribution in [0.25, 0.3) is 11.0 Å². The Bertz CT molecular complexity index is 1130. The zero-order valence-electron chi connectivity index (χ0n) is 19.3. The molecule has 0 radical (unpaired) electrons. The number of halogens is 1. The van der Waals surface area contributed by atoms with Crippen LogP contribution in [0.4, 0.5) is 11.6 Å². The van der Waals surface area contributed by atoms with Gasteiger partial charge in [-0.1, -0.05) is 48.5 Å². The summed E-state index contributed by atoms with van der Waals surface area (Å²) in [5.74, 6) is 0.635. The highest BCUT2D eigenvalue weighted by atomic mass is 79.9. The van der Waals surface area contributed by atoms with Crippen molar-refractivity contribution in [1.29, 1.82) is 0 Å². The first-order valence-corrected chi connectivity index (χ1v) is 12.6. The van der Waals surface area contributed by atoms with Crippen LogP contribution in [0.3, 0.4) is 0 Å². The molecule has 1 N–H and O–H groups in total. The van der Waals surface area contributed by atoms with Crippen molar-refractivity contribution >= 4 is 50.4 Å². The van der Waals surface area contributed by atoms with Gasteiger partial charge in [-0.3, -0.25) is 14.9 Å². The van der Waals surface area contributed by atoms with Gasteiger partial charge in [-0.15, -0.1) is 0 Å². The molecule has 1 aromatic heterocycles. The van der Waals surface area contributed by atoms with Gasteiger partial charge >= 0.3 is 0 Å². The number of nitrogens with zero attached hydrogens (tertiary/aromatic N) is 3. The molecule has 0 atom stereocenters. The molecule has 6 nitrogen and oxygen atoms in total. The third-order valence-corrected chi connectivity index (χ3v) is 7.00. The number of hydrogen-bond acceptors (Lipinski definition) is 3. The lowest BCUT2D eigenvalue weighted by Gasteiger charge is -2.26. The Labute approximate surface area is 203 Å². The second-order valence-corrected chi connectivity index (χ2v) is 9.72. The number of fused-ring (bicyclic) bond motifs is 1. The number of unbranched alkanes of at least 4 members (excludes halogenated alkanes) is 1. The third-order valence-electron chi connectivity index (χ3n) is 6.47. The van der Waals surface area contributed by atoms with E-state index in [1.54, 1.807) is 17.0 Å². The van der Waals surface area contributed by atoms with Gasteiger partial charge in [0, 0.05) is 35.2 Å². The van der Waals surface area contributed by atoms with Crippen molar-refractivity contribution in [3.05, 3.63) is 52.5 Å². The van der Waals surface area contributed by atoms with Crippen LogP contribution >= 0.6 is 15.9 Å². The van der Waals surface area contributed by atoms with Gasteiger partial charge in [-0.2, -0.15) is 0 Å². The van der Waals surface area contributed by atoms with Crippen LogP contribution in [0.2, 0.25) is 0 Å². The fourth-order valence-corrected chi connectivity index (χ4v) is 4.75. The molecule has 2 amide bonds. The van der Waals surface area contributed by atoms with Crippen LogP contribution in [0.15, 0.2) is 46.9 Å². The minimum Gasteiger partial charge on any atom is -0.315 e. The lowest BCUT2D eigenvalue weighted by atomic mass is 9.88. The Morgan fingerprint density at radius 3 is 2.55 bits per heavy atom. The summed E-state index contributed by atoms with van der Waals surface area (Å²) in [6.45, 7) is 2.91. The Morgan fingerprint density at radius 1 is 1.12 bits per heavy atom. The fraction of sp³-hybridized carbons (Fsp3) is 0.423. The van der Waals surface area contributed by atoms with Crippen molar-refractivity contribution in [3.8, 4) is 0 Å². The first-order valence-electron chi connectivity index (χ1n) is 11.8. The number of anilines is 2. The second-order valence-electron chi connectivity index (χ2n) is 8.81. The van der Waals surface area contributed by atoms with Crippen LogP contribution < -0.4 is 10.2 Å². The summed E-state index contributed by atoms with van der Waals surface area (Å²) in [7, 11) is 1.85. The summed E-state index contributed by atoms with van der Waals surface area (Å²) in [5, 5.41) is 2.98. The monoisotopic (exact) mass is 510 g/mol. The zero-order valence-corrected chi connectivity index (χ0v) is 20.9. The van der Waals surface area contributed by atoms with Gasteiger partial charge in [0.05, 0.1) is 11.0 Å². The molecule has 0 unspecified atom stereocenters. The number of nitrogens with one attached hydrogen (secondary N) is 1. The number of imidazole rings is 1. The minimum atomic E-state index is -0.194. The van der Waals surface area contributed by atoms with Gasteiger partial charge < -0.3 is 9.47 Å². The number of rotatable bonds is 7. The highest BCUT2D eigenvalue weighted by Crippen LogP contribution is 2.29. The quantitative estimate of drug-likeness (QED) is 0.400. The summed E-state index contributed by atoms with van der Waals surface area (Å²) in [4.78, 5) is 32.4. The van der Waals surface area contributed by atoms with E-state index in [-0.39, 0.29) is 17.7 Å². The van der Waals surface area contributed by atoms with E-state index in [1.807, 2.05) is 37.4 Å². The summed E-state index contributed by atoms with van der Waals surface area (Å²) in [6.07, 6.45) is 7.46. The number of aromatic nitrogens is 2. The van der Waals surface area contributed by atoms with Crippen LogP contribution in [0.1, 0.15) is 62.2 Å². The van der Waals surface area contributed by atoms with Crippen molar-refractivity contribution in [3.63, 3.8) is 0 Å². The molecule has 33 heavy (non-hydrogen) atoms. The lowest BCUT2D eigenvalue weighted by molar-refractivity contribution is -0.123. The molecular weight excluding hydrogens is 480 g/mol. The van der Waals surface area contributed by atoms with Crippen molar-refractivity contribution in [1.82, 2.24) is 9.55 Å². The number of amides is 2. The molecule has 7 heteroatoms. The largest absolute Gasteiger partial charge is 0.315 e. The van der Waals surface area contributed by atoms with Crippen LogP contribution in [0.5, 0.6) is 0 Å². The SMILES string of the molecule is CCCCn1c(NC(=O)c2ccc(Br)cc2)nc2cc(N(C)C(=O)C3CCCCC3)ccc21. The maximum Gasteiger partial charge on any atom is 0.257 e. The van der Waals surface area contributed by atoms with E-state index in [4.69, 9.17) is 4.98 Å². The first-order chi connectivity index (χ1) is 16.0. The Hall–Kier alpha value is -2.67. The number of hydrogen-bond donors (Lipinski definition) is 1. The zero-order chi connectivity index (χ0) is 23.4. The third kappa shape index (κ3) is 5.29. The second kappa shape index (κ2) is 10.5. The molecule has 0 spiro atoms. The van der Waals surface area contributed by atoms with E-state index >= 15 is 0 Å². The summed E-state index contributed by atoms with van der Waals surface area (Å²) < 4.78 is 2.98. The van der Waals surface area contributed by atoms with Gasteiger partial charge in [-0.05, 0) is 61.7 Å². The molecule has 0 aliphatic heterocycles. The van der Waals surface area contributed by atoms with Crippen LogP contribution in [0, 0.1) is 5.92 Å². The lowest BCUT2D eigenvalue weighted by Crippen LogP contribution is -2.33. The predicted molar refractivity (Wildman–Crippen MR) is 137 cm³/mol. The van der Waals surface area contributed by atoms with Crippen LogP contribution in [-0.2, 0) is 11.3 Å². The molecule has 3 aromatic rings. The number of carbonyl (C=O) groups is 2. The van der Waals surface area contributed by atoms with E-state index in [0.717, 1.165) is 66.3 Å². The Morgan fingerprint density at radius 2 is 1.85 bits per heavy atom. The van der Waals surface area contributed by atoms with E-state index in [9.17, 15) is 9.59 Å². The van der Waals surface area contributed by atoms with Gasteiger partial charge in [0.2, 0.25) is 11.9 Å². The summed E-state index contributed by atoms with van der Waals surface area (Å²) in [6, 6.07) is 13.2. The highest BCUT2D eigenvalue weighted by molar-refractivity contribution is 9.10. The van der Waals surface area contributed by atoms with E-state index < -0.39 is 0 Å². The molecule has 1 aliphatic carbocycles. The van der Waals surface area contributed by atoms with Crippen molar-refractivity contribution < 1.29 is 9.59 Å². The highest BCUT2D eigenvalue weighted by Gasteiger charge is 2.25. The molecule has 0 saturated heterocycles. The maximum absolute atomic E-state index is 13.0. The van der Waals surface area contributed by atoms with Crippen molar-refractivity contribution in [2.75, 3.05) is 17.3 Å². The van der Waals surface area contributed by atoms with Crippen LogP contribution in [-0.4, -0.2) is 28.4 Å². The van der Waals surface area contributed by atoms with Gasteiger partial charge in [0.25, 0.3) is 5.91 Å². The molecule has 174 valence electrons. The number of benzene rings is 2. The summed E-state index contributed by atoms with van der Waals surface area (Å²) in [5.41, 5.74) is 3.14. The molecule has 1 heterocycles. The van der Waals surface area contributed by atoms with Crippen molar-refractivity contribution in [2.24, 2.45) is 5.92 Å². The number of carbonyl (C=O) groups excluding carboxylic acids is 2. The molecule has 4 rings (SSSR count). The topological polar surface area (TPSA) is 67.2 Å². The van der Waals surface area contributed by atoms with E-state index in [2.05, 4.69) is 32.7 Å². The molecular formula is C26H31BrN4O2. The minimum absolute atomic E-state index is 0.113. The Balaban J connectivity index is 1.61. The number of aryl methyl sites for hydroxylation is 1. The smallest absolute Gasteiger partial charge is 0.257 e. The van der Waals surface area contributed by atoms with Gasteiger partial charge in [-0.25, -0.2) is 4.98 Å². The average molecular weight is 511 g/mol. The van der Waals surface area contributed by atoms with Gasteiger partial charge in [0.15, 0.2) is 0 Å². The molecule has 1 fully saturated rings. The molecule has 0 bridgehead atoms. The average Bonchev–Trinajstić information content (AvgIpc) is 3.18. The summed E-state index contributed by atoms with van der Waals surface area (Å²) >= 11 is 3.40. The molecule has 1 aliphatic rings. The van der Waals surface area contributed by atoms with E-state index in [0.29, 0.717) is 11.5 Å². The molecule has 1 saturated carbocycles. The standard InChI is InChI=1S/C26H31BrN4O2/c1-3-4-16-31-23-15-14-21(30(2)25(33)19-8-6-5-7-9-19)17-22(23)28-26(31)29-24(32)18-10-12-20(27)13-11-18/h10-15,17,19H,3-9,16H2,1-2H3,(H,28,29,32). The molecule has 2 aromatic carbocycles. The van der Waals surface area contributed by atoms with Crippen molar-refractivity contribution in [2.45, 2.75) is 58.4 Å². The van der Waals surface area contributed by atoms with Gasteiger partial charge in [0.1, 0.15) is 0 Å².